The summed E-state index contributed by atoms with van der Waals surface area (Å²) in [5.74, 6) is -0.864. The number of carbonyl (C=O) groups is 2. The number of hydrogen-bond donors (Lipinski definition) is 1. The van der Waals surface area contributed by atoms with Crippen molar-refractivity contribution >= 4 is 33.1 Å². The summed E-state index contributed by atoms with van der Waals surface area (Å²) in [7, 11) is -3.63. The number of amides is 1. The third kappa shape index (κ3) is 4.75. The van der Waals surface area contributed by atoms with Crippen LogP contribution in [0.1, 0.15) is 26.7 Å². The first-order valence-electron chi connectivity index (χ1n) is 8.20. The van der Waals surface area contributed by atoms with E-state index in [0.29, 0.717) is 17.8 Å². The minimum atomic E-state index is -3.63. The fourth-order valence-electron chi connectivity index (χ4n) is 2.62. The Morgan fingerprint density at radius 1 is 1.27 bits per heavy atom. The molecule has 2 heterocycles. The third-order valence-electron chi connectivity index (χ3n) is 4.01. The summed E-state index contributed by atoms with van der Waals surface area (Å²) in [6.45, 7) is 0.353. The monoisotopic (exact) mass is 393 g/mol. The van der Waals surface area contributed by atoms with Gasteiger partial charge in [0.15, 0.2) is 5.78 Å². The van der Waals surface area contributed by atoms with Crippen molar-refractivity contribution < 1.29 is 18.0 Å². The lowest BCUT2D eigenvalue weighted by Gasteiger charge is -2.25. The topological polar surface area (TPSA) is 96.4 Å². The van der Waals surface area contributed by atoms with Crippen LogP contribution >= 0.6 is 11.3 Å². The quantitative estimate of drug-likeness (QED) is 0.710. The predicted octanol–water partition coefficient (Wildman–Crippen LogP) is 1.07. The Balaban J connectivity index is 1.57. The number of benzene rings is 1. The Kier molecular flexibility index (Phi) is 5.80. The maximum absolute atomic E-state index is 12.3. The minimum absolute atomic E-state index is 0.118. The summed E-state index contributed by atoms with van der Waals surface area (Å²) in [5, 5.41) is 3.39. The van der Waals surface area contributed by atoms with Gasteiger partial charge < -0.3 is 5.32 Å². The summed E-state index contributed by atoms with van der Waals surface area (Å²) < 4.78 is 25.7. The van der Waals surface area contributed by atoms with Crippen LogP contribution in [0.3, 0.4) is 0 Å². The Labute approximate surface area is 156 Å². The molecule has 0 bridgehead atoms. The fourth-order valence-corrected chi connectivity index (χ4v) is 4.92. The van der Waals surface area contributed by atoms with Crippen LogP contribution in [-0.2, 0) is 21.2 Å². The molecule has 1 fully saturated rings. The van der Waals surface area contributed by atoms with Gasteiger partial charge in [0, 0.05) is 32.1 Å². The molecule has 0 saturated carbocycles. The number of Topliss-reactive ketones (excluding diaryl/α,β-unsaturated/α-hetero) is 1. The van der Waals surface area contributed by atoms with E-state index in [4.69, 9.17) is 0 Å². The molecule has 9 heteroatoms. The minimum Gasteiger partial charge on any atom is -0.354 e. The van der Waals surface area contributed by atoms with Gasteiger partial charge in [0.05, 0.1) is 22.2 Å². The molecule has 0 spiro atoms. The highest BCUT2D eigenvalue weighted by molar-refractivity contribution is 7.89. The first-order valence-corrected chi connectivity index (χ1v) is 10.6. The summed E-state index contributed by atoms with van der Waals surface area (Å²) in [4.78, 5) is 28.4. The van der Waals surface area contributed by atoms with Crippen LogP contribution in [0.5, 0.6) is 0 Å². The van der Waals surface area contributed by atoms with E-state index in [-0.39, 0.29) is 37.0 Å². The lowest BCUT2D eigenvalue weighted by molar-refractivity contribution is -0.122. The van der Waals surface area contributed by atoms with Crippen LogP contribution in [0.25, 0.3) is 0 Å². The van der Waals surface area contributed by atoms with Gasteiger partial charge in [0.2, 0.25) is 15.9 Å². The molecular formula is C17H19N3O4S2. The molecule has 0 aliphatic carbocycles. The average molecular weight is 393 g/mol. The molecule has 1 amide bonds. The normalized spacial score (nSPS) is 15.6. The van der Waals surface area contributed by atoms with E-state index in [1.807, 2.05) is 30.3 Å². The summed E-state index contributed by atoms with van der Waals surface area (Å²) in [6.07, 6.45) is 2.03. The van der Waals surface area contributed by atoms with E-state index in [2.05, 4.69) is 10.3 Å². The number of rotatable bonds is 7. The molecule has 0 radical (unpaired) electrons. The number of nitrogens with zero attached hydrogens (tertiary/aromatic N) is 2. The standard InChI is InChI=1S/C17H19N3O4S2/c21-14(6-9-26(23,24)20-8-7-18-16(22)12-20)15-11-19-17(25-15)10-13-4-2-1-3-5-13/h1-5,11H,6-10,12H2,(H,18,22). The summed E-state index contributed by atoms with van der Waals surface area (Å²) >= 11 is 1.29. The van der Waals surface area contributed by atoms with Crippen molar-refractivity contribution in [2.75, 3.05) is 25.4 Å². The van der Waals surface area contributed by atoms with Crippen LogP contribution in [0.2, 0.25) is 0 Å². The molecule has 7 nitrogen and oxygen atoms in total. The second-order valence-electron chi connectivity index (χ2n) is 5.95. The lowest BCUT2D eigenvalue weighted by Crippen LogP contribution is -2.50. The lowest BCUT2D eigenvalue weighted by atomic mass is 10.2. The van der Waals surface area contributed by atoms with Crippen LogP contribution in [0.4, 0.5) is 0 Å². The zero-order valence-electron chi connectivity index (χ0n) is 14.1. The first kappa shape index (κ1) is 18.7. The van der Waals surface area contributed by atoms with Gasteiger partial charge in [-0.3, -0.25) is 9.59 Å². The molecule has 26 heavy (non-hydrogen) atoms. The fraction of sp³-hybridized carbons (Fsp3) is 0.353. The van der Waals surface area contributed by atoms with Gasteiger partial charge in [-0.1, -0.05) is 30.3 Å². The number of nitrogens with one attached hydrogen (secondary N) is 1. The average Bonchev–Trinajstić information content (AvgIpc) is 3.09. The number of thiazole rings is 1. The first-order chi connectivity index (χ1) is 12.4. The highest BCUT2D eigenvalue weighted by atomic mass is 32.2. The van der Waals surface area contributed by atoms with Crippen molar-refractivity contribution in [3.63, 3.8) is 0 Å². The predicted molar refractivity (Wildman–Crippen MR) is 98.7 cm³/mol. The highest BCUT2D eigenvalue weighted by Crippen LogP contribution is 2.19. The van der Waals surface area contributed by atoms with E-state index in [1.54, 1.807) is 0 Å². The molecule has 1 aliphatic heterocycles. The van der Waals surface area contributed by atoms with Crippen LogP contribution in [0, 0.1) is 0 Å². The van der Waals surface area contributed by atoms with Crippen LogP contribution < -0.4 is 5.32 Å². The number of carbonyl (C=O) groups excluding carboxylic acids is 2. The van der Waals surface area contributed by atoms with Gasteiger partial charge in [-0.25, -0.2) is 13.4 Å². The highest BCUT2D eigenvalue weighted by Gasteiger charge is 2.28. The summed E-state index contributed by atoms with van der Waals surface area (Å²) in [5.41, 5.74) is 1.10. The summed E-state index contributed by atoms with van der Waals surface area (Å²) in [6, 6.07) is 9.81. The molecule has 1 aliphatic rings. The largest absolute Gasteiger partial charge is 0.354 e. The smallest absolute Gasteiger partial charge is 0.235 e. The van der Waals surface area contributed by atoms with Crippen molar-refractivity contribution in [2.24, 2.45) is 0 Å². The van der Waals surface area contributed by atoms with Crippen LogP contribution in [0.15, 0.2) is 36.5 Å². The Morgan fingerprint density at radius 2 is 2.04 bits per heavy atom. The maximum atomic E-state index is 12.3. The molecule has 138 valence electrons. The zero-order chi connectivity index (χ0) is 18.6. The van der Waals surface area contributed by atoms with E-state index in [1.165, 1.54) is 17.5 Å². The molecule has 1 N–H and O–H groups in total. The number of sulfonamides is 1. The Hall–Kier alpha value is -2.10. The van der Waals surface area contributed by atoms with E-state index in [9.17, 15) is 18.0 Å². The van der Waals surface area contributed by atoms with Gasteiger partial charge in [0.1, 0.15) is 0 Å². The molecule has 0 atom stereocenters. The van der Waals surface area contributed by atoms with Gasteiger partial charge >= 0.3 is 0 Å². The molecule has 0 unspecified atom stereocenters. The molecule has 1 aromatic carbocycles. The van der Waals surface area contributed by atoms with Crippen molar-refractivity contribution in [1.29, 1.82) is 0 Å². The second-order valence-corrected chi connectivity index (χ2v) is 9.16. The maximum Gasteiger partial charge on any atom is 0.235 e. The van der Waals surface area contributed by atoms with Crippen molar-refractivity contribution in [3.05, 3.63) is 52.0 Å². The van der Waals surface area contributed by atoms with Crippen molar-refractivity contribution in [2.45, 2.75) is 12.8 Å². The number of piperazine rings is 1. The molecule has 2 aromatic rings. The van der Waals surface area contributed by atoms with Gasteiger partial charge in [-0.15, -0.1) is 11.3 Å². The van der Waals surface area contributed by atoms with Crippen molar-refractivity contribution in [3.8, 4) is 0 Å². The van der Waals surface area contributed by atoms with E-state index < -0.39 is 10.0 Å². The third-order valence-corrected chi connectivity index (χ3v) is 6.87. The molecule has 1 aromatic heterocycles. The van der Waals surface area contributed by atoms with Gasteiger partial charge in [-0.2, -0.15) is 4.31 Å². The number of ketones is 1. The Bertz CT molecular complexity index is 894. The van der Waals surface area contributed by atoms with E-state index >= 15 is 0 Å². The van der Waals surface area contributed by atoms with Crippen molar-refractivity contribution in [1.82, 2.24) is 14.6 Å². The molecule has 3 rings (SSSR count). The second kappa shape index (κ2) is 8.07. The molecular weight excluding hydrogens is 374 g/mol. The zero-order valence-corrected chi connectivity index (χ0v) is 15.7. The van der Waals surface area contributed by atoms with E-state index in [0.717, 1.165) is 14.9 Å². The van der Waals surface area contributed by atoms with Gasteiger partial charge in [-0.05, 0) is 5.56 Å². The Morgan fingerprint density at radius 3 is 2.77 bits per heavy atom. The molecule has 1 saturated heterocycles. The number of hydrogen-bond acceptors (Lipinski definition) is 6. The van der Waals surface area contributed by atoms with Gasteiger partial charge in [0.25, 0.3) is 0 Å². The van der Waals surface area contributed by atoms with Crippen LogP contribution in [-0.4, -0.2) is 54.8 Å². The number of aromatic nitrogens is 1. The SMILES string of the molecule is O=C1CN(S(=O)(=O)CCC(=O)c2cnc(Cc3ccccc3)s2)CCN1.